The van der Waals surface area contributed by atoms with Crippen molar-refractivity contribution in [3.63, 3.8) is 0 Å². The van der Waals surface area contributed by atoms with Crippen LogP contribution in [0.2, 0.25) is 0 Å². The predicted molar refractivity (Wildman–Crippen MR) is 100 cm³/mol. The summed E-state index contributed by atoms with van der Waals surface area (Å²) in [5, 5.41) is 6.90. The standard InChI is InChI=1S/C18H15BrN4O2/c1-12-16(18(25)23(22-12)15-5-3-2-4-6-15)11-20-21-17(24)13-7-9-14(19)10-8-13/h2-11,22H,1H3,(H,21,24)/b20-11+. The number of benzene rings is 2. The van der Waals surface area contributed by atoms with Gasteiger partial charge in [0.2, 0.25) is 0 Å². The van der Waals surface area contributed by atoms with Gasteiger partial charge in [0.25, 0.3) is 11.5 Å². The Balaban J connectivity index is 1.78. The number of aromatic amines is 1. The van der Waals surface area contributed by atoms with Gasteiger partial charge in [-0.1, -0.05) is 34.1 Å². The molecule has 1 heterocycles. The molecule has 3 aromatic rings. The van der Waals surface area contributed by atoms with Crippen molar-refractivity contribution in [2.24, 2.45) is 5.10 Å². The third-order valence-electron chi connectivity index (χ3n) is 3.60. The third-order valence-corrected chi connectivity index (χ3v) is 4.13. The van der Waals surface area contributed by atoms with Gasteiger partial charge >= 0.3 is 0 Å². The molecule has 1 amide bonds. The van der Waals surface area contributed by atoms with Crippen LogP contribution in [0.15, 0.2) is 69.0 Å². The Hall–Kier alpha value is -2.93. The summed E-state index contributed by atoms with van der Waals surface area (Å²) >= 11 is 3.31. The number of amides is 1. The highest BCUT2D eigenvalue weighted by atomic mass is 79.9. The molecule has 1 aromatic heterocycles. The summed E-state index contributed by atoms with van der Waals surface area (Å²) in [6.07, 6.45) is 1.35. The van der Waals surface area contributed by atoms with Gasteiger partial charge in [-0.25, -0.2) is 10.1 Å². The number of H-pyrrole nitrogens is 1. The van der Waals surface area contributed by atoms with E-state index < -0.39 is 0 Å². The highest BCUT2D eigenvalue weighted by Crippen LogP contribution is 2.10. The molecule has 0 saturated carbocycles. The number of hydrogen-bond acceptors (Lipinski definition) is 3. The molecule has 0 spiro atoms. The van der Waals surface area contributed by atoms with E-state index >= 15 is 0 Å². The van der Waals surface area contributed by atoms with Gasteiger partial charge in [0.05, 0.1) is 17.5 Å². The van der Waals surface area contributed by atoms with Crippen molar-refractivity contribution in [3.8, 4) is 5.69 Å². The van der Waals surface area contributed by atoms with Gasteiger partial charge in [0.1, 0.15) is 0 Å². The minimum Gasteiger partial charge on any atom is -0.295 e. The maximum atomic E-state index is 12.5. The Kier molecular flexibility index (Phi) is 4.95. The molecule has 0 fully saturated rings. The summed E-state index contributed by atoms with van der Waals surface area (Å²) in [5.74, 6) is -0.347. The molecule has 25 heavy (non-hydrogen) atoms. The Labute approximate surface area is 152 Å². The van der Waals surface area contributed by atoms with E-state index in [9.17, 15) is 9.59 Å². The van der Waals surface area contributed by atoms with Crippen LogP contribution in [0.4, 0.5) is 0 Å². The molecule has 2 aromatic carbocycles. The van der Waals surface area contributed by atoms with Crippen LogP contribution in [-0.2, 0) is 0 Å². The maximum Gasteiger partial charge on any atom is 0.280 e. The Morgan fingerprint density at radius 1 is 1.16 bits per heavy atom. The van der Waals surface area contributed by atoms with Crippen molar-refractivity contribution in [1.29, 1.82) is 0 Å². The van der Waals surface area contributed by atoms with Crippen LogP contribution in [-0.4, -0.2) is 21.9 Å². The second-order valence-corrected chi connectivity index (χ2v) is 6.25. The number of carbonyl (C=O) groups is 1. The minimum absolute atomic E-state index is 0.231. The van der Waals surface area contributed by atoms with Crippen molar-refractivity contribution < 1.29 is 4.79 Å². The van der Waals surface area contributed by atoms with Gasteiger partial charge in [0, 0.05) is 15.7 Å². The Morgan fingerprint density at radius 3 is 2.52 bits per heavy atom. The predicted octanol–water partition coefficient (Wildman–Crippen LogP) is 3.00. The molecule has 2 N–H and O–H groups in total. The third kappa shape index (κ3) is 3.77. The lowest BCUT2D eigenvalue weighted by Gasteiger charge is -1.99. The van der Waals surface area contributed by atoms with Crippen LogP contribution in [0, 0.1) is 6.92 Å². The molecule has 0 aliphatic heterocycles. The SMILES string of the molecule is Cc1[nH]n(-c2ccccc2)c(=O)c1/C=N/NC(=O)c1ccc(Br)cc1. The first-order valence-electron chi connectivity index (χ1n) is 7.52. The van der Waals surface area contributed by atoms with Crippen molar-refractivity contribution in [2.45, 2.75) is 6.92 Å². The first-order valence-corrected chi connectivity index (χ1v) is 8.31. The molecule has 0 atom stereocenters. The highest BCUT2D eigenvalue weighted by molar-refractivity contribution is 9.10. The summed E-state index contributed by atoms with van der Waals surface area (Å²) in [7, 11) is 0. The zero-order valence-corrected chi connectivity index (χ0v) is 14.9. The van der Waals surface area contributed by atoms with Gasteiger partial charge in [0.15, 0.2) is 0 Å². The highest BCUT2D eigenvalue weighted by Gasteiger charge is 2.10. The molecule has 7 heteroatoms. The number of rotatable bonds is 4. The van der Waals surface area contributed by atoms with Crippen LogP contribution >= 0.6 is 15.9 Å². The first-order chi connectivity index (χ1) is 12.1. The molecule has 0 radical (unpaired) electrons. The van der Waals surface area contributed by atoms with E-state index in [0.717, 1.165) is 10.2 Å². The molecule has 0 unspecified atom stereocenters. The summed E-state index contributed by atoms with van der Waals surface area (Å²) in [6, 6.07) is 16.1. The Bertz CT molecular complexity index is 973. The summed E-state index contributed by atoms with van der Waals surface area (Å²) in [5.41, 5.74) is 4.45. The maximum absolute atomic E-state index is 12.5. The molecular formula is C18H15BrN4O2. The molecule has 0 aliphatic carbocycles. The zero-order valence-electron chi connectivity index (χ0n) is 13.4. The molecule has 0 aliphatic rings. The van der Waals surface area contributed by atoms with Crippen LogP contribution in [0.1, 0.15) is 21.6 Å². The first kappa shape index (κ1) is 16.9. The topological polar surface area (TPSA) is 79.2 Å². The van der Waals surface area contributed by atoms with E-state index in [0.29, 0.717) is 16.8 Å². The normalized spacial score (nSPS) is 11.0. The van der Waals surface area contributed by atoms with E-state index in [1.54, 1.807) is 31.2 Å². The molecule has 3 rings (SSSR count). The second kappa shape index (κ2) is 7.31. The fraction of sp³-hybridized carbons (Fsp3) is 0.0556. The van der Waals surface area contributed by atoms with E-state index in [1.807, 2.05) is 30.3 Å². The number of para-hydroxylation sites is 1. The largest absolute Gasteiger partial charge is 0.295 e. The zero-order chi connectivity index (χ0) is 17.8. The number of hydrazone groups is 1. The van der Waals surface area contributed by atoms with Crippen LogP contribution in [0.25, 0.3) is 5.69 Å². The monoisotopic (exact) mass is 398 g/mol. The summed E-state index contributed by atoms with van der Waals surface area (Å²) < 4.78 is 2.32. The smallest absolute Gasteiger partial charge is 0.280 e. The van der Waals surface area contributed by atoms with Crippen molar-refractivity contribution >= 4 is 28.1 Å². The number of nitrogens with zero attached hydrogens (tertiary/aromatic N) is 2. The fourth-order valence-electron chi connectivity index (χ4n) is 2.29. The van der Waals surface area contributed by atoms with E-state index in [4.69, 9.17) is 0 Å². The Morgan fingerprint density at radius 2 is 1.84 bits per heavy atom. The molecule has 126 valence electrons. The van der Waals surface area contributed by atoms with Crippen LogP contribution in [0.5, 0.6) is 0 Å². The van der Waals surface area contributed by atoms with Gasteiger partial charge in [-0.15, -0.1) is 0 Å². The quantitative estimate of drug-likeness (QED) is 0.523. The summed E-state index contributed by atoms with van der Waals surface area (Å²) in [4.78, 5) is 24.5. The lowest BCUT2D eigenvalue weighted by molar-refractivity contribution is 0.0955. The van der Waals surface area contributed by atoms with E-state index in [-0.39, 0.29) is 11.5 Å². The second-order valence-electron chi connectivity index (χ2n) is 5.33. The number of halogens is 1. The van der Waals surface area contributed by atoms with E-state index in [1.165, 1.54) is 10.9 Å². The van der Waals surface area contributed by atoms with Gasteiger partial charge in [-0.2, -0.15) is 5.10 Å². The lowest BCUT2D eigenvalue weighted by Crippen LogP contribution is -2.20. The van der Waals surface area contributed by atoms with Crippen molar-refractivity contribution in [1.82, 2.24) is 15.2 Å². The van der Waals surface area contributed by atoms with Gasteiger partial charge in [-0.05, 0) is 43.3 Å². The molecule has 0 bridgehead atoms. The number of hydrogen-bond donors (Lipinski definition) is 2. The van der Waals surface area contributed by atoms with Gasteiger partial charge in [-0.3, -0.25) is 14.7 Å². The van der Waals surface area contributed by atoms with Crippen molar-refractivity contribution in [3.05, 3.63) is 86.2 Å². The number of aromatic nitrogens is 2. The number of nitrogens with one attached hydrogen (secondary N) is 2. The number of carbonyl (C=O) groups excluding carboxylic acids is 1. The van der Waals surface area contributed by atoms with Crippen molar-refractivity contribution in [2.75, 3.05) is 0 Å². The molecule has 6 nitrogen and oxygen atoms in total. The minimum atomic E-state index is -0.347. The van der Waals surface area contributed by atoms with Crippen LogP contribution < -0.4 is 11.0 Å². The fourth-order valence-corrected chi connectivity index (χ4v) is 2.56. The molecular weight excluding hydrogens is 384 g/mol. The number of aryl methyl sites for hydroxylation is 1. The lowest BCUT2D eigenvalue weighted by atomic mass is 10.2. The average Bonchev–Trinajstić information content (AvgIpc) is 2.91. The summed E-state index contributed by atoms with van der Waals surface area (Å²) in [6.45, 7) is 1.78. The van der Waals surface area contributed by atoms with Crippen LogP contribution in [0.3, 0.4) is 0 Å². The van der Waals surface area contributed by atoms with E-state index in [2.05, 4.69) is 31.6 Å². The van der Waals surface area contributed by atoms with Gasteiger partial charge < -0.3 is 0 Å². The molecule has 0 saturated heterocycles. The average molecular weight is 399 g/mol.